The Hall–Kier alpha value is -1.62. The molecule has 0 radical (unpaired) electrons. The van der Waals surface area contributed by atoms with Gasteiger partial charge in [0.1, 0.15) is 0 Å². The molecule has 0 saturated carbocycles. The van der Waals surface area contributed by atoms with Crippen LogP contribution in [0.25, 0.3) is 0 Å². The Labute approximate surface area is 94.4 Å². The summed E-state index contributed by atoms with van der Waals surface area (Å²) >= 11 is 0. The summed E-state index contributed by atoms with van der Waals surface area (Å²) in [6, 6.07) is 4.93. The van der Waals surface area contributed by atoms with E-state index in [4.69, 9.17) is 10.5 Å². The largest absolute Gasteiger partial charge is 0.490 e. The number of methoxy groups -OCH3 is 1. The molecular formula is C11H16N2O3. The number of rotatable bonds is 5. The Bertz CT molecular complexity index is 379. The monoisotopic (exact) mass is 224 g/mol. The lowest BCUT2D eigenvalue weighted by molar-refractivity contribution is -0.385. The van der Waals surface area contributed by atoms with Crippen molar-refractivity contribution in [3.63, 3.8) is 0 Å². The highest BCUT2D eigenvalue weighted by Crippen LogP contribution is 2.31. The van der Waals surface area contributed by atoms with Crippen LogP contribution in [0.1, 0.15) is 24.8 Å². The Morgan fingerprint density at radius 2 is 2.25 bits per heavy atom. The normalized spacial score (nSPS) is 12.2. The van der Waals surface area contributed by atoms with Gasteiger partial charge in [-0.25, -0.2) is 0 Å². The molecule has 1 aromatic rings. The predicted molar refractivity (Wildman–Crippen MR) is 61.7 cm³/mol. The third-order valence-corrected chi connectivity index (χ3v) is 2.57. The fourth-order valence-corrected chi connectivity index (χ4v) is 1.57. The van der Waals surface area contributed by atoms with Crippen LogP contribution in [0.2, 0.25) is 0 Å². The number of nitro groups is 1. The molecule has 0 aromatic heterocycles. The smallest absolute Gasteiger partial charge is 0.310 e. The molecule has 5 nitrogen and oxygen atoms in total. The summed E-state index contributed by atoms with van der Waals surface area (Å²) < 4.78 is 5.00. The van der Waals surface area contributed by atoms with Gasteiger partial charge in [-0.15, -0.1) is 0 Å². The lowest BCUT2D eigenvalue weighted by Crippen LogP contribution is -2.05. The lowest BCUT2D eigenvalue weighted by Gasteiger charge is -2.11. The molecule has 0 aliphatic heterocycles. The first kappa shape index (κ1) is 12.4. The van der Waals surface area contributed by atoms with E-state index in [9.17, 15) is 10.1 Å². The molecule has 0 fully saturated rings. The number of hydrogen-bond acceptors (Lipinski definition) is 4. The molecule has 0 spiro atoms. The van der Waals surface area contributed by atoms with Crippen LogP contribution in [0.4, 0.5) is 5.69 Å². The van der Waals surface area contributed by atoms with E-state index in [1.54, 1.807) is 12.1 Å². The Morgan fingerprint density at radius 3 is 2.75 bits per heavy atom. The van der Waals surface area contributed by atoms with Crippen molar-refractivity contribution in [1.29, 1.82) is 0 Å². The number of ether oxygens (including phenoxy) is 1. The minimum Gasteiger partial charge on any atom is -0.490 e. The van der Waals surface area contributed by atoms with E-state index in [-0.39, 0.29) is 11.6 Å². The molecule has 1 aromatic carbocycles. The Balaban J connectivity index is 3.03. The fraction of sp³-hybridized carbons (Fsp3) is 0.455. The van der Waals surface area contributed by atoms with Gasteiger partial charge in [0.25, 0.3) is 0 Å². The van der Waals surface area contributed by atoms with Gasteiger partial charge >= 0.3 is 5.69 Å². The van der Waals surface area contributed by atoms with Crippen molar-refractivity contribution in [3.8, 4) is 5.75 Å². The number of hydrogen-bond donors (Lipinski definition) is 1. The first-order valence-electron chi connectivity index (χ1n) is 5.12. The molecule has 0 aliphatic carbocycles. The molecular weight excluding hydrogens is 208 g/mol. The van der Waals surface area contributed by atoms with Crippen LogP contribution in [0.3, 0.4) is 0 Å². The maximum absolute atomic E-state index is 10.7. The number of nitrogens with two attached hydrogens (primary N) is 1. The molecule has 0 saturated heterocycles. The summed E-state index contributed by atoms with van der Waals surface area (Å²) in [7, 11) is 1.43. The van der Waals surface area contributed by atoms with Crippen LogP contribution in [0.15, 0.2) is 18.2 Å². The van der Waals surface area contributed by atoms with E-state index in [0.717, 1.165) is 12.0 Å². The van der Waals surface area contributed by atoms with E-state index in [1.165, 1.54) is 13.2 Å². The van der Waals surface area contributed by atoms with Gasteiger partial charge in [0, 0.05) is 6.07 Å². The molecule has 0 aliphatic rings. The standard InChI is InChI=1S/C11H16N2O3/c1-8(5-6-12)9-3-4-10(13(14)15)11(7-9)16-2/h3-4,7-8H,5-6,12H2,1-2H3. The van der Waals surface area contributed by atoms with E-state index in [2.05, 4.69) is 0 Å². The molecule has 0 heterocycles. The maximum atomic E-state index is 10.7. The first-order chi connectivity index (χ1) is 7.60. The second-order valence-corrected chi connectivity index (χ2v) is 3.67. The van der Waals surface area contributed by atoms with E-state index in [1.807, 2.05) is 6.92 Å². The third-order valence-electron chi connectivity index (χ3n) is 2.57. The zero-order chi connectivity index (χ0) is 12.1. The Kier molecular flexibility index (Phi) is 4.25. The van der Waals surface area contributed by atoms with Gasteiger partial charge in [-0.3, -0.25) is 10.1 Å². The topological polar surface area (TPSA) is 78.4 Å². The molecule has 0 amide bonds. The highest BCUT2D eigenvalue weighted by molar-refractivity contribution is 5.49. The Morgan fingerprint density at radius 1 is 1.56 bits per heavy atom. The first-order valence-corrected chi connectivity index (χ1v) is 5.12. The molecule has 1 unspecified atom stereocenters. The summed E-state index contributed by atoms with van der Waals surface area (Å²) in [5, 5.41) is 10.7. The molecule has 0 bridgehead atoms. The van der Waals surface area contributed by atoms with E-state index >= 15 is 0 Å². The van der Waals surface area contributed by atoms with Crippen molar-refractivity contribution in [1.82, 2.24) is 0 Å². The van der Waals surface area contributed by atoms with Gasteiger partial charge in [0.05, 0.1) is 12.0 Å². The van der Waals surface area contributed by atoms with Crippen LogP contribution in [-0.4, -0.2) is 18.6 Å². The van der Waals surface area contributed by atoms with Gasteiger partial charge in [-0.1, -0.05) is 13.0 Å². The molecule has 2 N–H and O–H groups in total. The zero-order valence-electron chi connectivity index (χ0n) is 9.47. The third kappa shape index (κ3) is 2.70. The molecule has 88 valence electrons. The maximum Gasteiger partial charge on any atom is 0.310 e. The van der Waals surface area contributed by atoms with Crippen LogP contribution >= 0.6 is 0 Å². The van der Waals surface area contributed by atoms with Crippen LogP contribution in [-0.2, 0) is 0 Å². The summed E-state index contributed by atoms with van der Waals surface area (Å²) in [6.45, 7) is 2.63. The van der Waals surface area contributed by atoms with E-state index < -0.39 is 4.92 Å². The van der Waals surface area contributed by atoms with Crippen molar-refractivity contribution in [2.24, 2.45) is 5.73 Å². The molecule has 1 rings (SSSR count). The average Bonchev–Trinajstić information content (AvgIpc) is 2.28. The van der Waals surface area contributed by atoms with Crippen LogP contribution in [0.5, 0.6) is 5.75 Å². The van der Waals surface area contributed by atoms with Gasteiger partial charge in [-0.2, -0.15) is 0 Å². The molecule has 16 heavy (non-hydrogen) atoms. The van der Waals surface area contributed by atoms with Crippen molar-refractivity contribution in [3.05, 3.63) is 33.9 Å². The summed E-state index contributed by atoms with van der Waals surface area (Å²) in [5.41, 5.74) is 6.48. The zero-order valence-corrected chi connectivity index (χ0v) is 9.47. The fourth-order valence-electron chi connectivity index (χ4n) is 1.57. The van der Waals surface area contributed by atoms with Crippen LogP contribution in [0, 0.1) is 10.1 Å². The summed E-state index contributed by atoms with van der Waals surface area (Å²) in [6.07, 6.45) is 0.848. The highest BCUT2D eigenvalue weighted by atomic mass is 16.6. The van der Waals surface area contributed by atoms with Gasteiger partial charge in [0.2, 0.25) is 0 Å². The number of nitrogens with zero attached hydrogens (tertiary/aromatic N) is 1. The number of nitro benzene ring substituents is 1. The number of benzene rings is 1. The summed E-state index contributed by atoms with van der Waals surface area (Å²) in [5.74, 6) is 0.575. The second-order valence-electron chi connectivity index (χ2n) is 3.67. The molecule has 5 heteroatoms. The van der Waals surface area contributed by atoms with Crippen LogP contribution < -0.4 is 10.5 Å². The van der Waals surface area contributed by atoms with Gasteiger partial charge in [-0.05, 0) is 30.5 Å². The quantitative estimate of drug-likeness (QED) is 0.613. The predicted octanol–water partition coefficient (Wildman–Crippen LogP) is 2.06. The van der Waals surface area contributed by atoms with E-state index in [0.29, 0.717) is 12.3 Å². The van der Waals surface area contributed by atoms with Crippen molar-refractivity contribution in [2.75, 3.05) is 13.7 Å². The second kappa shape index (κ2) is 5.46. The van der Waals surface area contributed by atoms with Crippen molar-refractivity contribution >= 4 is 5.69 Å². The van der Waals surface area contributed by atoms with Gasteiger partial charge < -0.3 is 10.5 Å². The van der Waals surface area contributed by atoms with Crippen molar-refractivity contribution < 1.29 is 9.66 Å². The SMILES string of the molecule is COc1cc(C(C)CCN)ccc1[N+](=O)[O-]. The van der Waals surface area contributed by atoms with Crippen molar-refractivity contribution in [2.45, 2.75) is 19.3 Å². The lowest BCUT2D eigenvalue weighted by atomic mass is 9.97. The minimum atomic E-state index is -0.448. The van der Waals surface area contributed by atoms with Gasteiger partial charge in [0.15, 0.2) is 5.75 Å². The highest BCUT2D eigenvalue weighted by Gasteiger charge is 2.16. The average molecular weight is 224 g/mol. The minimum absolute atomic E-state index is 0.00815. The molecule has 1 atom stereocenters. The summed E-state index contributed by atoms with van der Waals surface area (Å²) in [4.78, 5) is 10.2.